The van der Waals surface area contributed by atoms with Gasteiger partial charge in [-0.2, -0.15) is 0 Å². The Kier molecular flexibility index (Phi) is 4.27. The van der Waals surface area contributed by atoms with E-state index in [1.165, 1.54) is 6.33 Å². The second-order valence-corrected chi connectivity index (χ2v) is 6.02. The van der Waals surface area contributed by atoms with E-state index in [1.54, 1.807) is 18.2 Å². The summed E-state index contributed by atoms with van der Waals surface area (Å²) in [6.45, 7) is 1.23. The number of nitrogens with zero attached hydrogens (tertiary/aromatic N) is 1. The van der Waals surface area contributed by atoms with Gasteiger partial charge in [-0.05, 0) is 35.9 Å². The third-order valence-corrected chi connectivity index (χ3v) is 4.10. The van der Waals surface area contributed by atoms with E-state index in [0.717, 1.165) is 12.0 Å². The lowest BCUT2D eigenvalue weighted by molar-refractivity contribution is -0.115. The molecule has 0 bridgehead atoms. The van der Waals surface area contributed by atoms with Gasteiger partial charge in [0.25, 0.3) is 5.56 Å². The molecule has 1 aromatic heterocycles. The first-order valence-corrected chi connectivity index (χ1v) is 8.35. The molecule has 0 saturated heterocycles. The maximum atomic E-state index is 12.4. The summed E-state index contributed by atoms with van der Waals surface area (Å²) in [5.41, 5.74) is 1.71. The first-order chi connectivity index (χ1) is 12.7. The van der Waals surface area contributed by atoms with Crippen LogP contribution in [0.15, 0.2) is 47.5 Å². The standard InChI is InChI=1S/C19H17N3O4/c23-18(9-12-2-5-16-17(8-12)26-7-1-6-25-16)22-13-3-4-15-14(10-13)19(24)21-11-20-15/h2-5,8,10-11H,1,6-7,9H2,(H,22,23)(H,20,21,24). The van der Waals surface area contributed by atoms with Crippen molar-refractivity contribution in [2.45, 2.75) is 12.8 Å². The number of hydrogen-bond acceptors (Lipinski definition) is 5. The van der Waals surface area contributed by atoms with Crippen LogP contribution in [0.25, 0.3) is 10.9 Å². The normalized spacial score (nSPS) is 13.2. The molecule has 0 unspecified atom stereocenters. The minimum atomic E-state index is -0.242. The number of amides is 1. The summed E-state index contributed by atoms with van der Waals surface area (Å²) in [7, 11) is 0. The minimum Gasteiger partial charge on any atom is -0.490 e. The lowest BCUT2D eigenvalue weighted by Crippen LogP contribution is -2.15. The van der Waals surface area contributed by atoms with Crippen LogP contribution in [0, 0.1) is 0 Å². The van der Waals surface area contributed by atoms with E-state index in [1.807, 2.05) is 18.2 Å². The molecule has 4 rings (SSSR count). The fourth-order valence-electron chi connectivity index (χ4n) is 2.85. The predicted octanol–water partition coefficient (Wildman–Crippen LogP) is 2.27. The Balaban J connectivity index is 1.50. The van der Waals surface area contributed by atoms with Crippen LogP contribution in [-0.4, -0.2) is 29.1 Å². The Morgan fingerprint density at radius 3 is 2.85 bits per heavy atom. The summed E-state index contributed by atoms with van der Waals surface area (Å²) >= 11 is 0. The van der Waals surface area contributed by atoms with Gasteiger partial charge in [-0.3, -0.25) is 9.59 Å². The molecule has 0 saturated carbocycles. The van der Waals surface area contributed by atoms with Crippen molar-refractivity contribution in [1.29, 1.82) is 0 Å². The van der Waals surface area contributed by atoms with E-state index in [0.29, 0.717) is 41.3 Å². The lowest BCUT2D eigenvalue weighted by atomic mass is 10.1. The van der Waals surface area contributed by atoms with Crippen LogP contribution >= 0.6 is 0 Å². The second kappa shape index (κ2) is 6.87. The summed E-state index contributed by atoms with van der Waals surface area (Å²) in [5.74, 6) is 1.18. The van der Waals surface area contributed by atoms with E-state index >= 15 is 0 Å². The van der Waals surface area contributed by atoms with Crippen molar-refractivity contribution >= 4 is 22.5 Å². The predicted molar refractivity (Wildman–Crippen MR) is 96.7 cm³/mol. The van der Waals surface area contributed by atoms with Crippen LogP contribution < -0.4 is 20.3 Å². The van der Waals surface area contributed by atoms with E-state index in [4.69, 9.17) is 9.47 Å². The van der Waals surface area contributed by atoms with Gasteiger partial charge < -0.3 is 19.8 Å². The van der Waals surface area contributed by atoms with Crippen molar-refractivity contribution in [3.63, 3.8) is 0 Å². The molecule has 2 heterocycles. The van der Waals surface area contributed by atoms with Crippen molar-refractivity contribution in [1.82, 2.24) is 9.97 Å². The van der Waals surface area contributed by atoms with Gasteiger partial charge in [0.15, 0.2) is 11.5 Å². The molecule has 0 atom stereocenters. The number of carbonyl (C=O) groups excluding carboxylic acids is 1. The summed E-state index contributed by atoms with van der Waals surface area (Å²) in [6.07, 6.45) is 2.38. The smallest absolute Gasteiger partial charge is 0.258 e. The number of benzene rings is 2. The topological polar surface area (TPSA) is 93.3 Å². The molecule has 1 aliphatic rings. The maximum Gasteiger partial charge on any atom is 0.258 e. The Hall–Kier alpha value is -3.35. The average molecular weight is 351 g/mol. The molecule has 132 valence electrons. The Bertz CT molecular complexity index is 1030. The van der Waals surface area contributed by atoms with E-state index in [-0.39, 0.29) is 17.9 Å². The molecule has 3 aromatic rings. The van der Waals surface area contributed by atoms with Gasteiger partial charge in [-0.15, -0.1) is 0 Å². The van der Waals surface area contributed by atoms with Gasteiger partial charge in [-0.1, -0.05) is 6.07 Å². The first-order valence-electron chi connectivity index (χ1n) is 8.35. The van der Waals surface area contributed by atoms with Gasteiger partial charge in [0.05, 0.1) is 36.9 Å². The van der Waals surface area contributed by atoms with E-state index in [9.17, 15) is 9.59 Å². The van der Waals surface area contributed by atoms with E-state index < -0.39 is 0 Å². The molecule has 7 nitrogen and oxygen atoms in total. The third kappa shape index (κ3) is 3.37. The van der Waals surface area contributed by atoms with Crippen molar-refractivity contribution in [2.24, 2.45) is 0 Å². The number of nitrogens with one attached hydrogen (secondary N) is 2. The van der Waals surface area contributed by atoms with Crippen LogP contribution in [0.4, 0.5) is 5.69 Å². The van der Waals surface area contributed by atoms with Crippen LogP contribution in [0.5, 0.6) is 11.5 Å². The highest BCUT2D eigenvalue weighted by molar-refractivity contribution is 5.94. The number of H-pyrrole nitrogens is 1. The highest BCUT2D eigenvalue weighted by Gasteiger charge is 2.13. The van der Waals surface area contributed by atoms with Crippen LogP contribution in [0.3, 0.4) is 0 Å². The molecule has 2 N–H and O–H groups in total. The maximum absolute atomic E-state index is 12.4. The molecule has 26 heavy (non-hydrogen) atoms. The molecule has 0 fully saturated rings. The highest BCUT2D eigenvalue weighted by atomic mass is 16.5. The number of anilines is 1. The lowest BCUT2D eigenvalue weighted by Gasteiger charge is -2.10. The quantitative estimate of drug-likeness (QED) is 0.755. The molecular weight excluding hydrogens is 334 g/mol. The largest absolute Gasteiger partial charge is 0.490 e. The molecule has 1 amide bonds. The van der Waals surface area contributed by atoms with Gasteiger partial charge in [0, 0.05) is 12.1 Å². The number of ether oxygens (including phenoxy) is 2. The highest BCUT2D eigenvalue weighted by Crippen LogP contribution is 2.30. The average Bonchev–Trinajstić information content (AvgIpc) is 2.87. The summed E-state index contributed by atoms with van der Waals surface area (Å²) < 4.78 is 11.2. The third-order valence-electron chi connectivity index (χ3n) is 4.10. The van der Waals surface area contributed by atoms with Gasteiger partial charge in [0.2, 0.25) is 5.91 Å². The Labute approximate surface area is 149 Å². The molecule has 1 aliphatic heterocycles. The van der Waals surface area contributed by atoms with Gasteiger partial charge in [-0.25, -0.2) is 4.98 Å². The zero-order valence-corrected chi connectivity index (χ0v) is 14.0. The van der Waals surface area contributed by atoms with E-state index in [2.05, 4.69) is 15.3 Å². The van der Waals surface area contributed by atoms with Crippen LogP contribution in [-0.2, 0) is 11.2 Å². The van der Waals surface area contributed by atoms with Crippen molar-refractivity contribution in [3.8, 4) is 11.5 Å². The minimum absolute atomic E-state index is 0.181. The van der Waals surface area contributed by atoms with Crippen LogP contribution in [0.2, 0.25) is 0 Å². The second-order valence-electron chi connectivity index (χ2n) is 6.02. The number of fused-ring (bicyclic) bond motifs is 2. The summed E-state index contributed by atoms with van der Waals surface area (Å²) in [6, 6.07) is 10.5. The summed E-state index contributed by atoms with van der Waals surface area (Å²) in [4.78, 5) is 30.8. The van der Waals surface area contributed by atoms with Crippen molar-refractivity contribution < 1.29 is 14.3 Å². The molecule has 0 spiro atoms. The Morgan fingerprint density at radius 1 is 1.12 bits per heavy atom. The molecular formula is C19H17N3O4. The fourth-order valence-corrected chi connectivity index (χ4v) is 2.85. The molecule has 7 heteroatoms. The molecule has 2 aromatic carbocycles. The van der Waals surface area contributed by atoms with Crippen molar-refractivity contribution in [2.75, 3.05) is 18.5 Å². The SMILES string of the molecule is O=C(Cc1ccc2c(c1)OCCCO2)Nc1ccc2nc[nH]c(=O)c2c1. The zero-order chi connectivity index (χ0) is 17.9. The Morgan fingerprint density at radius 2 is 1.96 bits per heavy atom. The zero-order valence-electron chi connectivity index (χ0n) is 14.0. The number of rotatable bonds is 3. The summed E-state index contributed by atoms with van der Waals surface area (Å²) in [5, 5.41) is 3.24. The number of carbonyl (C=O) groups is 1. The monoisotopic (exact) mass is 351 g/mol. The van der Waals surface area contributed by atoms with Crippen LogP contribution in [0.1, 0.15) is 12.0 Å². The molecule has 0 radical (unpaired) electrons. The number of aromatic amines is 1. The first kappa shape index (κ1) is 16.1. The fraction of sp³-hybridized carbons (Fsp3) is 0.211. The number of hydrogen-bond donors (Lipinski definition) is 2. The van der Waals surface area contributed by atoms with Crippen molar-refractivity contribution in [3.05, 3.63) is 58.6 Å². The molecule has 0 aliphatic carbocycles. The number of aromatic nitrogens is 2. The van der Waals surface area contributed by atoms with Gasteiger partial charge >= 0.3 is 0 Å². The van der Waals surface area contributed by atoms with Gasteiger partial charge in [0.1, 0.15) is 0 Å².